The summed E-state index contributed by atoms with van der Waals surface area (Å²) in [6.07, 6.45) is 2.85. The van der Waals surface area contributed by atoms with E-state index < -0.39 is 0 Å². The molecule has 158 valence electrons. The van der Waals surface area contributed by atoms with Crippen LogP contribution < -0.4 is 10.6 Å². The minimum absolute atomic E-state index is 0.779. The second kappa shape index (κ2) is 11.3. The van der Waals surface area contributed by atoms with Gasteiger partial charge in [-0.25, -0.2) is 4.98 Å². The maximum Gasteiger partial charge on any atom is 0.191 e. The Morgan fingerprint density at radius 3 is 2.48 bits per heavy atom. The van der Waals surface area contributed by atoms with Gasteiger partial charge >= 0.3 is 0 Å². The first kappa shape index (κ1) is 21.7. The highest BCUT2D eigenvalue weighted by molar-refractivity contribution is 7.11. The lowest BCUT2D eigenvalue weighted by molar-refractivity contribution is 0.131. The summed E-state index contributed by atoms with van der Waals surface area (Å²) in [7, 11) is 1.82. The van der Waals surface area contributed by atoms with Crippen molar-refractivity contribution in [2.75, 3.05) is 46.3 Å². The van der Waals surface area contributed by atoms with E-state index in [4.69, 9.17) is 0 Å². The molecule has 6 nitrogen and oxygen atoms in total. The molecule has 0 spiro atoms. The lowest BCUT2D eigenvalue weighted by Crippen LogP contribution is -2.45. The molecule has 0 atom stereocenters. The maximum atomic E-state index is 4.42. The van der Waals surface area contributed by atoms with Crippen molar-refractivity contribution in [2.24, 2.45) is 4.99 Å². The average molecular weight is 415 g/mol. The molecule has 7 heteroatoms. The molecule has 1 saturated heterocycles. The molecule has 2 heterocycles. The van der Waals surface area contributed by atoms with Crippen LogP contribution in [0.1, 0.15) is 27.9 Å². The molecule has 1 aromatic carbocycles. The molecular weight excluding hydrogens is 380 g/mol. The number of piperazine rings is 1. The molecule has 0 bridgehead atoms. The van der Waals surface area contributed by atoms with Crippen molar-refractivity contribution in [3.8, 4) is 0 Å². The number of hydrogen-bond acceptors (Lipinski definition) is 5. The molecule has 0 amide bonds. The van der Waals surface area contributed by atoms with Crippen LogP contribution in [0, 0.1) is 6.92 Å². The van der Waals surface area contributed by atoms with Crippen molar-refractivity contribution >= 4 is 17.3 Å². The highest BCUT2D eigenvalue weighted by Crippen LogP contribution is 2.14. The van der Waals surface area contributed by atoms with Crippen LogP contribution in [0.5, 0.6) is 0 Å². The van der Waals surface area contributed by atoms with Crippen molar-refractivity contribution in [3.63, 3.8) is 0 Å². The van der Waals surface area contributed by atoms with Crippen molar-refractivity contribution in [1.82, 2.24) is 25.4 Å². The average Bonchev–Trinajstić information content (AvgIpc) is 3.17. The third-order valence-corrected chi connectivity index (χ3v) is 6.37. The fraction of sp³-hybridized carbons (Fsp3) is 0.545. The third kappa shape index (κ3) is 6.80. The number of nitrogens with zero attached hydrogens (tertiary/aromatic N) is 4. The molecule has 0 radical (unpaired) electrons. The Balaban J connectivity index is 1.47. The molecule has 0 aliphatic carbocycles. The van der Waals surface area contributed by atoms with Crippen LogP contribution in [0.25, 0.3) is 0 Å². The fourth-order valence-corrected chi connectivity index (χ4v) is 4.38. The van der Waals surface area contributed by atoms with E-state index in [2.05, 4.69) is 68.5 Å². The second-order valence-electron chi connectivity index (χ2n) is 7.45. The van der Waals surface area contributed by atoms with Gasteiger partial charge in [-0.3, -0.25) is 9.89 Å². The zero-order valence-electron chi connectivity index (χ0n) is 17.9. The number of aryl methyl sites for hydroxylation is 1. The van der Waals surface area contributed by atoms with Crippen LogP contribution in [0.2, 0.25) is 0 Å². The number of hydrogen-bond donors (Lipinski definition) is 2. The number of rotatable bonds is 8. The van der Waals surface area contributed by atoms with Gasteiger partial charge in [0.2, 0.25) is 0 Å². The van der Waals surface area contributed by atoms with Crippen molar-refractivity contribution in [1.29, 1.82) is 0 Å². The molecule has 2 N–H and O–H groups in total. The Labute approximate surface area is 179 Å². The summed E-state index contributed by atoms with van der Waals surface area (Å²) in [6.45, 7) is 12.8. The maximum absolute atomic E-state index is 4.42. The summed E-state index contributed by atoms with van der Waals surface area (Å²) in [6, 6.07) is 8.74. The number of aromatic nitrogens is 1. The molecule has 1 fully saturated rings. The van der Waals surface area contributed by atoms with E-state index in [1.165, 1.54) is 34.1 Å². The zero-order valence-corrected chi connectivity index (χ0v) is 18.8. The summed E-state index contributed by atoms with van der Waals surface area (Å²) >= 11 is 1.76. The topological polar surface area (TPSA) is 55.8 Å². The standard InChI is InChI=1S/C22H34N6S/c1-4-27-11-13-28(14-12-27)17-20-8-6-5-7-19(20)16-26-22(23-3)24-10-9-21-25-15-18(2)29-21/h5-8,15H,4,9-14,16-17H2,1-3H3,(H2,23,24,26). The molecule has 0 unspecified atom stereocenters. The number of benzene rings is 1. The highest BCUT2D eigenvalue weighted by atomic mass is 32.1. The van der Waals surface area contributed by atoms with Gasteiger partial charge in [0.05, 0.1) is 5.01 Å². The van der Waals surface area contributed by atoms with Crippen molar-refractivity contribution in [3.05, 3.63) is 51.5 Å². The Morgan fingerprint density at radius 2 is 1.83 bits per heavy atom. The molecular formula is C22H34N6S. The van der Waals surface area contributed by atoms with Gasteiger partial charge < -0.3 is 15.5 Å². The van der Waals surface area contributed by atoms with E-state index in [-0.39, 0.29) is 0 Å². The van der Waals surface area contributed by atoms with Gasteiger partial charge in [-0.2, -0.15) is 0 Å². The van der Waals surface area contributed by atoms with Crippen LogP contribution in [0.3, 0.4) is 0 Å². The monoisotopic (exact) mass is 414 g/mol. The van der Waals surface area contributed by atoms with Gasteiger partial charge in [0.25, 0.3) is 0 Å². The Kier molecular flexibility index (Phi) is 8.46. The summed E-state index contributed by atoms with van der Waals surface area (Å²) in [4.78, 5) is 15.1. The largest absolute Gasteiger partial charge is 0.356 e. The quantitative estimate of drug-likeness (QED) is 0.513. The molecule has 0 saturated carbocycles. The minimum Gasteiger partial charge on any atom is -0.356 e. The van der Waals surface area contributed by atoms with E-state index in [0.29, 0.717) is 0 Å². The van der Waals surface area contributed by atoms with Crippen molar-refractivity contribution < 1.29 is 0 Å². The fourth-order valence-electron chi connectivity index (χ4n) is 3.59. The van der Waals surface area contributed by atoms with Gasteiger partial charge in [0.15, 0.2) is 5.96 Å². The minimum atomic E-state index is 0.779. The van der Waals surface area contributed by atoms with Crippen LogP contribution >= 0.6 is 11.3 Å². The lowest BCUT2D eigenvalue weighted by atomic mass is 10.1. The molecule has 1 aliphatic rings. The number of aliphatic imine (C=N–C) groups is 1. The van der Waals surface area contributed by atoms with Crippen LogP contribution in [-0.4, -0.2) is 67.1 Å². The van der Waals surface area contributed by atoms with Gasteiger partial charge in [0.1, 0.15) is 0 Å². The number of guanidine groups is 1. The summed E-state index contributed by atoms with van der Waals surface area (Å²) < 4.78 is 0. The van der Waals surface area contributed by atoms with Crippen LogP contribution in [-0.2, 0) is 19.5 Å². The first-order valence-corrected chi connectivity index (χ1v) is 11.4. The second-order valence-corrected chi connectivity index (χ2v) is 8.77. The highest BCUT2D eigenvalue weighted by Gasteiger charge is 2.16. The molecule has 29 heavy (non-hydrogen) atoms. The number of thiazole rings is 1. The first-order valence-electron chi connectivity index (χ1n) is 10.5. The number of nitrogens with one attached hydrogen (secondary N) is 2. The smallest absolute Gasteiger partial charge is 0.191 e. The van der Waals surface area contributed by atoms with Crippen molar-refractivity contribution in [2.45, 2.75) is 33.4 Å². The van der Waals surface area contributed by atoms with Crippen LogP contribution in [0.4, 0.5) is 0 Å². The molecule has 1 aromatic heterocycles. The zero-order chi connectivity index (χ0) is 20.5. The van der Waals surface area contributed by atoms with E-state index in [0.717, 1.165) is 51.6 Å². The number of likely N-dealkylation sites (N-methyl/N-ethyl adjacent to an activating group) is 1. The molecule has 2 aromatic rings. The van der Waals surface area contributed by atoms with Gasteiger partial charge in [-0.05, 0) is 24.6 Å². The van der Waals surface area contributed by atoms with E-state index in [1.807, 2.05) is 13.2 Å². The molecule has 3 rings (SSSR count). The predicted octanol–water partition coefficient (Wildman–Crippen LogP) is 2.50. The molecule has 1 aliphatic heterocycles. The van der Waals surface area contributed by atoms with E-state index in [1.54, 1.807) is 11.3 Å². The van der Waals surface area contributed by atoms with E-state index in [9.17, 15) is 0 Å². The SMILES string of the molecule is CCN1CCN(Cc2ccccc2CNC(=NC)NCCc2ncc(C)s2)CC1. The summed E-state index contributed by atoms with van der Waals surface area (Å²) in [5, 5.41) is 8.03. The van der Waals surface area contributed by atoms with E-state index >= 15 is 0 Å². The lowest BCUT2D eigenvalue weighted by Gasteiger charge is -2.34. The normalized spacial score (nSPS) is 16.2. The summed E-state index contributed by atoms with van der Waals surface area (Å²) in [5.41, 5.74) is 2.74. The Morgan fingerprint density at radius 1 is 1.10 bits per heavy atom. The van der Waals surface area contributed by atoms with Crippen LogP contribution in [0.15, 0.2) is 35.5 Å². The predicted molar refractivity (Wildman–Crippen MR) is 123 cm³/mol. The van der Waals surface area contributed by atoms with Gasteiger partial charge in [-0.1, -0.05) is 31.2 Å². The third-order valence-electron chi connectivity index (χ3n) is 5.39. The van der Waals surface area contributed by atoms with Gasteiger partial charge in [0, 0.05) is 70.4 Å². The summed E-state index contributed by atoms with van der Waals surface area (Å²) in [5.74, 6) is 0.838. The Bertz CT molecular complexity index is 779. The van der Waals surface area contributed by atoms with Gasteiger partial charge in [-0.15, -0.1) is 11.3 Å². The Hall–Kier alpha value is -1.96. The first-order chi connectivity index (χ1) is 14.2.